The lowest BCUT2D eigenvalue weighted by atomic mass is 10.2. The van der Waals surface area contributed by atoms with Crippen LogP contribution in [0, 0.1) is 0 Å². The minimum Gasteiger partial charge on any atom is -0.478 e. The van der Waals surface area contributed by atoms with E-state index in [9.17, 15) is 4.79 Å². The standard InChI is InChI=1S/C7H12O3/c1-2-3-6(8)4-5-7(9)10/h4-6,8H,2-3H2,1H3,(H,9,10)/t6-/m0/s1. The molecular formula is C7H12O3. The van der Waals surface area contributed by atoms with Crippen molar-refractivity contribution in [3.63, 3.8) is 0 Å². The normalized spacial score (nSPS) is 13.8. The first-order valence-electron chi connectivity index (χ1n) is 3.26. The van der Waals surface area contributed by atoms with Gasteiger partial charge in [0.25, 0.3) is 0 Å². The van der Waals surface area contributed by atoms with E-state index in [-0.39, 0.29) is 0 Å². The summed E-state index contributed by atoms with van der Waals surface area (Å²) in [5.74, 6) is -1.02. The van der Waals surface area contributed by atoms with Crippen molar-refractivity contribution in [2.45, 2.75) is 25.9 Å². The molecule has 10 heavy (non-hydrogen) atoms. The summed E-state index contributed by atoms with van der Waals surface area (Å²) < 4.78 is 0. The van der Waals surface area contributed by atoms with E-state index >= 15 is 0 Å². The molecule has 0 aliphatic heterocycles. The molecule has 0 saturated heterocycles. The predicted molar refractivity (Wildman–Crippen MR) is 37.7 cm³/mol. The Hall–Kier alpha value is -0.830. The second-order valence-corrected chi connectivity index (χ2v) is 2.05. The second-order valence-electron chi connectivity index (χ2n) is 2.05. The minimum atomic E-state index is -1.02. The van der Waals surface area contributed by atoms with Gasteiger partial charge in [-0.25, -0.2) is 4.79 Å². The Morgan fingerprint density at radius 2 is 2.30 bits per heavy atom. The van der Waals surface area contributed by atoms with Crippen molar-refractivity contribution >= 4 is 5.97 Å². The van der Waals surface area contributed by atoms with Gasteiger partial charge < -0.3 is 10.2 Å². The first-order valence-corrected chi connectivity index (χ1v) is 3.26. The highest BCUT2D eigenvalue weighted by molar-refractivity contribution is 5.79. The smallest absolute Gasteiger partial charge is 0.328 e. The summed E-state index contributed by atoms with van der Waals surface area (Å²) >= 11 is 0. The van der Waals surface area contributed by atoms with Crippen molar-refractivity contribution in [2.75, 3.05) is 0 Å². The van der Waals surface area contributed by atoms with Crippen LogP contribution in [-0.2, 0) is 4.79 Å². The van der Waals surface area contributed by atoms with E-state index in [4.69, 9.17) is 10.2 Å². The van der Waals surface area contributed by atoms with E-state index in [2.05, 4.69) is 0 Å². The first-order chi connectivity index (χ1) is 4.66. The molecule has 1 atom stereocenters. The maximum atomic E-state index is 9.91. The zero-order chi connectivity index (χ0) is 7.98. The third-order valence-corrected chi connectivity index (χ3v) is 1.05. The van der Waals surface area contributed by atoms with Crippen molar-refractivity contribution in [3.05, 3.63) is 12.2 Å². The van der Waals surface area contributed by atoms with Gasteiger partial charge in [-0.3, -0.25) is 0 Å². The van der Waals surface area contributed by atoms with Crippen LogP contribution in [0.25, 0.3) is 0 Å². The molecule has 58 valence electrons. The minimum absolute atomic E-state index is 0.610. The Bertz CT molecular complexity index is 129. The van der Waals surface area contributed by atoms with Crippen LogP contribution >= 0.6 is 0 Å². The topological polar surface area (TPSA) is 57.5 Å². The number of hydrogen-bond donors (Lipinski definition) is 2. The molecule has 0 aromatic heterocycles. The average molecular weight is 144 g/mol. The Morgan fingerprint density at radius 3 is 2.70 bits per heavy atom. The van der Waals surface area contributed by atoms with Crippen molar-refractivity contribution < 1.29 is 15.0 Å². The van der Waals surface area contributed by atoms with Crippen LogP contribution in [-0.4, -0.2) is 22.3 Å². The van der Waals surface area contributed by atoms with Crippen molar-refractivity contribution in [1.82, 2.24) is 0 Å². The Labute approximate surface area is 60.0 Å². The molecule has 0 spiro atoms. The van der Waals surface area contributed by atoms with Gasteiger partial charge in [0.15, 0.2) is 0 Å². The summed E-state index contributed by atoms with van der Waals surface area (Å²) in [7, 11) is 0. The number of rotatable bonds is 4. The van der Waals surface area contributed by atoms with Crippen molar-refractivity contribution in [3.8, 4) is 0 Å². The van der Waals surface area contributed by atoms with Crippen molar-refractivity contribution in [2.24, 2.45) is 0 Å². The fourth-order valence-corrected chi connectivity index (χ4v) is 0.585. The second kappa shape index (κ2) is 4.99. The molecule has 0 heterocycles. The van der Waals surface area contributed by atoms with E-state index < -0.39 is 12.1 Å². The SMILES string of the molecule is CCC[C@H](O)C=CC(=O)O. The number of carbonyl (C=O) groups is 1. The molecule has 0 rings (SSSR count). The average Bonchev–Trinajstić information content (AvgIpc) is 1.85. The highest BCUT2D eigenvalue weighted by Crippen LogP contribution is 1.96. The lowest BCUT2D eigenvalue weighted by Crippen LogP contribution is -2.01. The molecule has 0 aliphatic rings. The fraction of sp³-hybridized carbons (Fsp3) is 0.571. The third kappa shape index (κ3) is 5.31. The molecular weight excluding hydrogens is 132 g/mol. The maximum Gasteiger partial charge on any atom is 0.328 e. The monoisotopic (exact) mass is 144 g/mol. The van der Waals surface area contributed by atoms with Crippen molar-refractivity contribution in [1.29, 1.82) is 0 Å². The van der Waals surface area contributed by atoms with Crippen LogP contribution in [0.4, 0.5) is 0 Å². The quantitative estimate of drug-likeness (QED) is 0.573. The number of carboxylic acid groups (broad SMARTS) is 1. The summed E-state index contributed by atoms with van der Waals surface area (Å²) in [5.41, 5.74) is 0. The Kier molecular flexibility index (Phi) is 4.58. The zero-order valence-corrected chi connectivity index (χ0v) is 5.95. The lowest BCUT2D eigenvalue weighted by molar-refractivity contribution is -0.131. The van der Waals surface area contributed by atoms with Crippen LogP contribution in [0.2, 0.25) is 0 Å². The molecule has 3 nitrogen and oxygen atoms in total. The number of aliphatic hydroxyl groups excluding tert-OH is 1. The van der Waals surface area contributed by atoms with Gasteiger partial charge in [-0.15, -0.1) is 0 Å². The van der Waals surface area contributed by atoms with Gasteiger partial charge in [0.2, 0.25) is 0 Å². The van der Waals surface area contributed by atoms with E-state index in [1.165, 1.54) is 6.08 Å². The zero-order valence-electron chi connectivity index (χ0n) is 5.95. The third-order valence-electron chi connectivity index (χ3n) is 1.05. The van der Waals surface area contributed by atoms with Crippen LogP contribution in [0.3, 0.4) is 0 Å². The van der Waals surface area contributed by atoms with Crippen LogP contribution in [0.5, 0.6) is 0 Å². The molecule has 0 aromatic carbocycles. The molecule has 0 fully saturated rings. The van der Waals surface area contributed by atoms with Gasteiger partial charge in [0, 0.05) is 6.08 Å². The molecule has 0 radical (unpaired) electrons. The number of aliphatic carboxylic acids is 1. The van der Waals surface area contributed by atoms with Crippen LogP contribution < -0.4 is 0 Å². The lowest BCUT2D eigenvalue weighted by Gasteiger charge is -1.99. The number of carboxylic acids is 1. The van der Waals surface area contributed by atoms with Gasteiger partial charge in [0.1, 0.15) is 0 Å². The van der Waals surface area contributed by atoms with Gasteiger partial charge in [-0.05, 0) is 12.5 Å². The van der Waals surface area contributed by atoms with E-state index in [0.717, 1.165) is 12.5 Å². The molecule has 2 N–H and O–H groups in total. The molecule has 0 aromatic rings. The summed E-state index contributed by atoms with van der Waals surface area (Å²) in [4.78, 5) is 9.91. The maximum absolute atomic E-state index is 9.91. The summed E-state index contributed by atoms with van der Waals surface area (Å²) in [5, 5.41) is 17.1. The number of aliphatic hydroxyl groups is 1. The Morgan fingerprint density at radius 1 is 1.70 bits per heavy atom. The summed E-state index contributed by atoms with van der Waals surface area (Å²) in [6.45, 7) is 1.93. The van der Waals surface area contributed by atoms with Gasteiger partial charge in [0.05, 0.1) is 6.10 Å². The van der Waals surface area contributed by atoms with E-state index in [1.54, 1.807) is 0 Å². The fourth-order valence-electron chi connectivity index (χ4n) is 0.585. The largest absolute Gasteiger partial charge is 0.478 e. The van der Waals surface area contributed by atoms with E-state index in [0.29, 0.717) is 6.42 Å². The Balaban J connectivity index is 3.55. The van der Waals surface area contributed by atoms with Crippen LogP contribution in [0.15, 0.2) is 12.2 Å². The molecule has 0 unspecified atom stereocenters. The van der Waals surface area contributed by atoms with Gasteiger partial charge in [-0.1, -0.05) is 13.3 Å². The highest BCUT2D eigenvalue weighted by Gasteiger charge is 1.96. The molecule has 0 aliphatic carbocycles. The first kappa shape index (κ1) is 9.17. The van der Waals surface area contributed by atoms with Gasteiger partial charge >= 0.3 is 5.97 Å². The van der Waals surface area contributed by atoms with Gasteiger partial charge in [-0.2, -0.15) is 0 Å². The number of hydrogen-bond acceptors (Lipinski definition) is 2. The molecule has 3 heteroatoms. The van der Waals surface area contributed by atoms with E-state index in [1.807, 2.05) is 6.92 Å². The predicted octanol–water partition coefficient (Wildman–Crippen LogP) is 0.788. The molecule has 0 saturated carbocycles. The molecule has 0 amide bonds. The summed E-state index contributed by atoms with van der Waals surface area (Å²) in [6, 6.07) is 0. The summed E-state index contributed by atoms with van der Waals surface area (Å²) in [6.07, 6.45) is 3.10. The molecule has 0 bridgehead atoms. The highest BCUT2D eigenvalue weighted by atomic mass is 16.4. The van der Waals surface area contributed by atoms with Crippen LogP contribution in [0.1, 0.15) is 19.8 Å².